The molecule has 0 saturated carbocycles. The second kappa shape index (κ2) is 15.3. The third-order valence-electron chi connectivity index (χ3n) is 6.94. The Kier molecular flexibility index (Phi) is 12.2. The fourth-order valence-electron chi connectivity index (χ4n) is 4.81. The van der Waals surface area contributed by atoms with E-state index in [0.717, 1.165) is 19.3 Å². The predicted molar refractivity (Wildman–Crippen MR) is 146 cm³/mol. The van der Waals surface area contributed by atoms with E-state index in [-0.39, 0.29) is 41.3 Å². The van der Waals surface area contributed by atoms with Crippen LogP contribution in [-0.4, -0.2) is 49.4 Å². The van der Waals surface area contributed by atoms with Crippen LogP contribution in [0.15, 0.2) is 9.95 Å². The number of carbonyl (C=O) groups is 1. The Bertz CT molecular complexity index is 1040. The molecule has 0 amide bonds. The lowest BCUT2D eigenvalue weighted by atomic mass is 10.0. The third-order valence-corrected chi connectivity index (χ3v) is 7.25. The highest BCUT2D eigenvalue weighted by Crippen LogP contribution is 2.33. The molecule has 1 aliphatic heterocycles. The summed E-state index contributed by atoms with van der Waals surface area (Å²) in [4.78, 5) is 34.9. The molecule has 2 aromatic heterocycles. The molecular formula is C26H43N5O5S. The summed E-state index contributed by atoms with van der Waals surface area (Å²) in [5.41, 5.74) is 5.50. The second-order valence-corrected chi connectivity index (χ2v) is 10.4. The molecule has 3 atom stereocenters. The summed E-state index contributed by atoms with van der Waals surface area (Å²) >= 11 is 4.33. The number of nitrogens with two attached hydrogens (primary N) is 1. The molecule has 0 aliphatic carbocycles. The van der Waals surface area contributed by atoms with E-state index in [9.17, 15) is 14.7 Å². The summed E-state index contributed by atoms with van der Waals surface area (Å²) < 4.78 is 12.8. The summed E-state index contributed by atoms with van der Waals surface area (Å²) in [6.07, 6.45) is 14.6. The maximum absolute atomic E-state index is 12.2. The summed E-state index contributed by atoms with van der Waals surface area (Å²) in [6, 6.07) is 0. The van der Waals surface area contributed by atoms with Crippen LogP contribution in [0.25, 0.3) is 11.2 Å². The van der Waals surface area contributed by atoms with Crippen LogP contribution in [0, 0.1) is 0 Å². The number of H-pyrrole nitrogens is 1. The lowest BCUT2D eigenvalue weighted by molar-refractivity contribution is -0.150. The number of rotatable bonds is 17. The topological polar surface area (TPSA) is 145 Å². The summed E-state index contributed by atoms with van der Waals surface area (Å²) in [5.74, 6) is -0.338. The standard InChI is InChI=1S/C26H43N5O5S/c1-2-3-4-5-6-7-8-9-10-11-12-13-14-15-21(33)35-17-19-18(32)16-20(36-19)31-23-22(28-26(31)37)24(34)30-25(27)29-23/h18-20,32H,2-17H2,1H3,(H,28,37)(H3,27,29,30,34)/t18-,19+,20+/m0/s1. The van der Waals surface area contributed by atoms with Gasteiger partial charge in [-0.3, -0.25) is 19.1 Å². The van der Waals surface area contributed by atoms with Crippen LogP contribution in [-0.2, 0) is 14.3 Å². The van der Waals surface area contributed by atoms with Gasteiger partial charge in [-0.05, 0) is 6.42 Å². The fourth-order valence-corrected chi connectivity index (χ4v) is 5.14. The van der Waals surface area contributed by atoms with E-state index in [4.69, 9.17) is 15.2 Å². The van der Waals surface area contributed by atoms with E-state index in [0.29, 0.717) is 6.42 Å². The van der Waals surface area contributed by atoms with Crippen molar-refractivity contribution in [3.63, 3.8) is 0 Å². The Labute approximate surface area is 224 Å². The normalized spacial score (nSPS) is 19.6. The molecular weight excluding hydrogens is 494 g/mol. The first-order chi connectivity index (χ1) is 17.9. The molecule has 2 aromatic rings. The van der Waals surface area contributed by atoms with Gasteiger partial charge in [-0.2, -0.15) is 4.98 Å². The molecule has 10 nitrogen and oxygen atoms in total. The van der Waals surface area contributed by atoms with Crippen LogP contribution >= 0.6 is 12.6 Å². The van der Waals surface area contributed by atoms with Gasteiger partial charge in [-0.1, -0.05) is 84.0 Å². The SMILES string of the molecule is CCCCCCCCCCCCCCCC(=O)OC[C@H]1O[C@@H](n2c(S)nc3c(=O)[nH]c(N)nc32)C[C@@H]1O. The van der Waals surface area contributed by atoms with Crippen molar-refractivity contribution in [1.29, 1.82) is 0 Å². The minimum absolute atomic E-state index is 0.0420. The average molecular weight is 538 g/mol. The van der Waals surface area contributed by atoms with Gasteiger partial charge in [0.15, 0.2) is 16.3 Å². The van der Waals surface area contributed by atoms with Gasteiger partial charge in [0.05, 0.1) is 6.10 Å². The maximum Gasteiger partial charge on any atom is 0.305 e. The molecule has 1 fully saturated rings. The Balaban J connectivity index is 1.28. The number of anilines is 1. The molecule has 0 unspecified atom stereocenters. The Morgan fingerprint density at radius 3 is 2.30 bits per heavy atom. The third kappa shape index (κ3) is 9.00. The zero-order valence-corrected chi connectivity index (χ0v) is 22.9. The number of fused-ring (bicyclic) bond motifs is 1. The number of hydrogen-bond donors (Lipinski definition) is 4. The van der Waals surface area contributed by atoms with Crippen LogP contribution in [0.2, 0.25) is 0 Å². The summed E-state index contributed by atoms with van der Waals surface area (Å²) in [7, 11) is 0. The lowest BCUT2D eigenvalue weighted by Crippen LogP contribution is -2.28. The van der Waals surface area contributed by atoms with Crippen LogP contribution in [0.5, 0.6) is 0 Å². The summed E-state index contributed by atoms with van der Waals surface area (Å²) in [5, 5.41) is 10.7. The Morgan fingerprint density at radius 1 is 1.08 bits per heavy atom. The fraction of sp³-hybridized carbons (Fsp3) is 0.769. The van der Waals surface area contributed by atoms with Crippen molar-refractivity contribution in [3.05, 3.63) is 10.4 Å². The van der Waals surface area contributed by atoms with Crippen LogP contribution in [0.3, 0.4) is 0 Å². The minimum atomic E-state index is -0.848. The van der Waals surface area contributed by atoms with Gasteiger partial charge < -0.3 is 20.3 Å². The first kappa shape index (κ1) is 29.4. The molecule has 208 valence electrons. The second-order valence-electron chi connectivity index (χ2n) is 10.0. The number of imidazole rings is 1. The van der Waals surface area contributed by atoms with E-state index < -0.39 is 24.0 Å². The monoisotopic (exact) mass is 537 g/mol. The number of carbonyl (C=O) groups excluding carboxylic acids is 1. The number of ether oxygens (including phenoxy) is 2. The number of aliphatic hydroxyl groups is 1. The predicted octanol–water partition coefficient (Wildman–Crippen LogP) is 4.66. The van der Waals surface area contributed by atoms with Crippen molar-refractivity contribution in [1.82, 2.24) is 19.5 Å². The molecule has 0 bridgehead atoms. The molecule has 1 saturated heterocycles. The van der Waals surface area contributed by atoms with Gasteiger partial charge in [0.25, 0.3) is 5.56 Å². The summed E-state index contributed by atoms with van der Waals surface area (Å²) in [6.45, 7) is 2.21. The van der Waals surface area contributed by atoms with Crippen molar-refractivity contribution < 1.29 is 19.4 Å². The van der Waals surface area contributed by atoms with Crippen molar-refractivity contribution >= 4 is 35.7 Å². The van der Waals surface area contributed by atoms with Gasteiger partial charge in [-0.25, -0.2) is 4.98 Å². The van der Waals surface area contributed by atoms with Crippen LogP contribution in [0.1, 0.15) is 109 Å². The first-order valence-electron chi connectivity index (χ1n) is 13.9. The first-order valence-corrected chi connectivity index (χ1v) is 14.3. The van der Waals surface area contributed by atoms with Crippen molar-refractivity contribution in [2.45, 2.75) is 127 Å². The van der Waals surface area contributed by atoms with Crippen molar-refractivity contribution in [3.8, 4) is 0 Å². The molecule has 1 aliphatic rings. The van der Waals surface area contributed by atoms with E-state index >= 15 is 0 Å². The van der Waals surface area contributed by atoms with Gasteiger partial charge in [-0.15, -0.1) is 12.6 Å². The molecule has 4 N–H and O–H groups in total. The van der Waals surface area contributed by atoms with Gasteiger partial charge in [0, 0.05) is 12.8 Å². The molecule has 0 aromatic carbocycles. The molecule has 3 rings (SSSR count). The zero-order chi connectivity index (χ0) is 26.6. The number of nitrogen functional groups attached to an aromatic ring is 1. The zero-order valence-electron chi connectivity index (χ0n) is 22.0. The van der Waals surface area contributed by atoms with E-state index in [1.165, 1.54) is 68.8 Å². The molecule has 0 spiro atoms. The number of thiol groups is 1. The molecule has 11 heteroatoms. The van der Waals surface area contributed by atoms with Crippen LogP contribution in [0.4, 0.5) is 5.95 Å². The van der Waals surface area contributed by atoms with Crippen molar-refractivity contribution in [2.24, 2.45) is 0 Å². The number of esters is 1. The number of aromatic amines is 1. The van der Waals surface area contributed by atoms with Gasteiger partial charge in [0.1, 0.15) is 18.9 Å². The Hall–Kier alpha value is -2.11. The van der Waals surface area contributed by atoms with Crippen LogP contribution < -0.4 is 11.3 Å². The van der Waals surface area contributed by atoms with Gasteiger partial charge >= 0.3 is 5.97 Å². The molecule has 3 heterocycles. The smallest absolute Gasteiger partial charge is 0.305 e. The number of aliphatic hydroxyl groups excluding tert-OH is 1. The van der Waals surface area contributed by atoms with E-state index in [1.54, 1.807) is 0 Å². The number of hydrogen-bond acceptors (Lipinski definition) is 9. The Morgan fingerprint density at radius 2 is 1.68 bits per heavy atom. The number of unbranched alkanes of at least 4 members (excludes halogenated alkanes) is 12. The lowest BCUT2D eigenvalue weighted by Gasteiger charge is -2.16. The highest BCUT2D eigenvalue weighted by atomic mass is 32.1. The van der Waals surface area contributed by atoms with E-state index in [2.05, 4.69) is 34.5 Å². The number of aromatic nitrogens is 4. The quantitative estimate of drug-likeness (QED) is 0.129. The largest absolute Gasteiger partial charge is 0.463 e. The maximum atomic E-state index is 12.2. The highest BCUT2D eigenvalue weighted by molar-refractivity contribution is 7.80. The number of nitrogens with zero attached hydrogens (tertiary/aromatic N) is 3. The van der Waals surface area contributed by atoms with Gasteiger partial charge in [0.2, 0.25) is 5.95 Å². The average Bonchev–Trinajstić information content (AvgIpc) is 3.39. The molecule has 37 heavy (non-hydrogen) atoms. The van der Waals surface area contributed by atoms with Crippen molar-refractivity contribution in [2.75, 3.05) is 12.3 Å². The minimum Gasteiger partial charge on any atom is -0.463 e. The van der Waals surface area contributed by atoms with E-state index in [1.807, 2.05) is 0 Å². The molecule has 0 radical (unpaired) electrons. The number of nitrogens with one attached hydrogen (secondary N) is 1. The highest BCUT2D eigenvalue weighted by Gasteiger charge is 2.37.